The number of nitrogens with one attached hydrogen (secondary N) is 1. The van der Waals surface area contributed by atoms with Gasteiger partial charge in [0.2, 0.25) is 0 Å². The van der Waals surface area contributed by atoms with Gasteiger partial charge in [0.25, 0.3) is 0 Å². The van der Waals surface area contributed by atoms with Crippen LogP contribution in [0.3, 0.4) is 0 Å². The van der Waals surface area contributed by atoms with Gasteiger partial charge in [0.15, 0.2) is 5.78 Å². The summed E-state index contributed by atoms with van der Waals surface area (Å²) in [5, 5.41) is 12.5. The van der Waals surface area contributed by atoms with Gasteiger partial charge in [0, 0.05) is 11.6 Å². The lowest BCUT2D eigenvalue weighted by molar-refractivity contribution is -0.137. The number of ketones is 1. The highest BCUT2D eigenvalue weighted by atomic mass is 16.4. The summed E-state index contributed by atoms with van der Waals surface area (Å²) in [5.41, 5.74) is 1.77. The van der Waals surface area contributed by atoms with E-state index in [1.807, 2.05) is 24.3 Å². The van der Waals surface area contributed by atoms with Crippen molar-refractivity contribution in [2.24, 2.45) is 0 Å². The Morgan fingerprint density at radius 2 is 1.74 bits per heavy atom. The van der Waals surface area contributed by atoms with E-state index in [4.69, 9.17) is 5.11 Å². The molecule has 4 nitrogen and oxygen atoms in total. The van der Waals surface area contributed by atoms with Crippen molar-refractivity contribution in [2.45, 2.75) is 70.4 Å². The van der Waals surface area contributed by atoms with Crippen molar-refractivity contribution in [3.8, 4) is 0 Å². The molecule has 0 bridgehead atoms. The highest BCUT2D eigenvalue weighted by Gasteiger charge is 2.26. The van der Waals surface area contributed by atoms with E-state index < -0.39 is 12.0 Å². The van der Waals surface area contributed by atoms with E-state index in [0.29, 0.717) is 5.56 Å². The smallest absolute Gasteiger partial charge is 0.305 e. The molecule has 1 aliphatic carbocycles. The van der Waals surface area contributed by atoms with Gasteiger partial charge in [-0.3, -0.25) is 9.59 Å². The quantitative estimate of drug-likeness (QED) is 0.596. The van der Waals surface area contributed by atoms with Gasteiger partial charge in [-0.15, -0.1) is 0 Å². The van der Waals surface area contributed by atoms with Crippen LogP contribution in [0, 0.1) is 0 Å². The molecule has 1 aromatic rings. The summed E-state index contributed by atoms with van der Waals surface area (Å²) < 4.78 is 0. The van der Waals surface area contributed by atoms with E-state index in [2.05, 4.69) is 12.2 Å². The fourth-order valence-electron chi connectivity index (χ4n) is 3.24. The predicted molar refractivity (Wildman–Crippen MR) is 90.8 cm³/mol. The largest absolute Gasteiger partial charge is 0.481 e. The number of carboxylic acid groups (broad SMARTS) is 1. The number of hydrogen-bond acceptors (Lipinski definition) is 3. The zero-order valence-corrected chi connectivity index (χ0v) is 13.9. The first kappa shape index (κ1) is 17.7. The maximum atomic E-state index is 12.7. The first-order chi connectivity index (χ1) is 11.1. The standard InChI is InChI=1S/C19H27NO3/c1-2-14-9-11-15(12-10-14)19(23)17(13-18(21)22)20-16-7-5-3-4-6-8-16/h9-12,16-17,20H,2-8,13H2,1H3,(H,21,22). The number of benzene rings is 1. The molecule has 1 saturated carbocycles. The minimum atomic E-state index is -0.936. The van der Waals surface area contributed by atoms with Crippen molar-refractivity contribution in [1.29, 1.82) is 0 Å². The number of aryl methyl sites for hydroxylation is 1. The summed E-state index contributed by atoms with van der Waals surface area (Å²) in [6.07, 6.45) is 7.57. The molecule has 0 aromatic heterocycles. The van der Waals surface area contributed by atoms with Crippen LogP contribution in [0.1, 0.15) is 67.8 Å². The number of carbonyl (C=O) groups is 2. The van der Waals surface area contributed by atoms with Crippen LogP contribution in [0.15, 0.2) is 24.3 Å². The van der Waals surface area contributed by atoms with Crippen LogP contribution in [-0.2, 0) is 11.2 Å². The van der Waals surface area contributed by atoms with Crippen LogP contribution >= 0.6 is 0 Å². The third-order valence-electron chi connectivity index (χ3n) is 4.63. The van der Waals surface area contributed by atoms with E-state index >= 15 is 0 Å². The molecule has 0 heterocycles. The minimum Gasteiger partial charge on any atom is -0.481 e. The lowest BCUT2D eigenvalue weighted by atomic mass is 9.98. The number of carbonyl (C=O) groups excluding carboxylic acids is 1. The predicted octanol–water partition coefficient (Wildman–Crippen LogP) is 3.59. The van der Waals surface area contributed by atoms with Crippen molar-refractivity contribution >= 4 is 11.8 Å². The molecule has 0 radical (unpaired) electrons. The van der Waals surface area contributed by atoms with E-state index in [1.54, 1.807) is 0 Å². The Labute approximate surface area is 138 Å². The fraction of sp³-hybridized carbons (Fsp3) is 0.579. The second-order valence-corrected chi connectivity index (χ2v) is 6.42. The molecule has 2 N–H and O–H groups in total. The summed E-state index contributed by atoms with van der Waals surface area (Å²) in [6.45, 7) is 2.07. The lowest BCUT2D eigenvalue weighted by Gasteiger charge is -2.23. The van der Waals surface area contributed by atoms with Gasteiger partial charge in [-0.25, -0.2) is 0 Å². The van der Waals surface area contributed by atoms with Gasteiger partial charge < -0.3 is 10.4 Å². The highest BCUT2D eigenvalue weighted by molar-refractivity contribution is 6.01. The fourth-order valence-corrected chi connectivity index (χ4v) is 3.24. The Hall–Kier alpha value is -1.68. The SMILES string of the molecule is CCc1ccc(C(=O)C(CC(=O)O)NC2CCCCCC2)cc1. The summed E-state index contributed by atoms with van der Waals surface area (Å²) in [7, 11) is 0. The third-order valence-corrected chi connectivity index (χ3v) is 4.63. The van der Waals surface area contributed by atoms with Crippen LogP contribution in [0.2, 0.25) is 0 Å². The first-order valence-electron chi connectivity index (χ1n) is 8.71. The molecule has 2 rings (SSSR count). The maximum Gasteiger partial charge on any atom is 0.305 e. The average Bonchev–Trinajstić information content (AvgIpc) is 2.82. The molecule has 1 aromatic carbocycles. The highest BCUT2D eigenvalue weighted by Crippen LogP contribution is 2.19. The van der Waals surface area contributed by atoms with Crippen LogP contribution in [0.25, 0.3) is 0 Å². The minimum absolute atomic E-state index is 0.112. The van der Waals surface area contributed by atoms with E-state index in [-0.39, 0.29) is 18.2 Å². The maximum absolute atomic E-state index is 12.7. The Kier molecular flexibility index (Phi) is 6.78. The van der Waals surface area contributed by atoms with Crippen LogP contribution in [-0.4, -0.2) is 28.9 Å². The molecule has 0 aliphatic heterocycles. The van der Waals surface area contributed by atoms with E-state index in [0.717, 1.165) is 32.1 Å². The molecule has 0 amide bonds. The summed E-state index contributed by atoms with van der Waals surface area (Å²) >= 11 is 0. The van der Waals surface area contributed by atoms with E-state index in [1.165, 1.54) is 18.4 Å². The average molecular weight is 317 g/mol. The normalized spacial score (nSPS) is 17.4. The number of rotatable bonds is 7. The molecule has 126 valence electrons. The first-order valence-corrected chi connectivity index (χ1v) is 8.71. The Bertz CT molecular complexity index is 516. The molecule has 1 aliphatic rings. The van der Waals surface area contributed by atoms with Gasteiger partial charge in [-0.2, -0.15) is 0 Å². The van der Waals surface area contributed by atoms with Crippen molar-refractivity contribution in [3.63, 3.8) is 0 Å². The lowest BCUT2D eigenvalue weighted by Crippen LogP contribution is -2.44. The Morgan fingerprint density at radius 3 is 2.26 bits per heavy atom. The van der Waals surface area contributed by atoms with Crippen LogP contribution in [0.4, 0.5) is 0 Å². The zero-order valence-electron chi connectivity index (χ0n) is 13.9. The Morgan fingerprint density at radius 1 is 1.13 bits per heavy atom. The van der Waals surface area contributed by atoms with Gasteiger partial charge in [0.05, 0.1) is 12.5 Å². The number of hydrogen-bond donors (Lipinski definition) is 2. The van der Waals surface area contributed by atoms with Crippen molar-refractivity contribution in [2.75, 3.05) is 0 Å². The molecule has 1 atom stereocenters. The number of Topliss-reactive ketones (excluding diaryl/α,β-unsaturated/α-hetero) is 1. The van der Waals surface area contributed by atoms with Crippen molar-refractivity contribution < 1.29 is 14.7 Å². The topological polar surface area (TPSA) is 66.4 Å². The molecule has 1 unspecified atom stereocenters. The van der Waals surface area contributed by atoms with Gasteiger partial charge >= 0.3 is 5.97 Å². The molecule has 0 spiro atoms. The summed E-state index contributed by atoms with van der Waals surface area (Å²) in [5.74, 6) is -1.05. The monoisotopic (exact) mass is 317 g/mol. The molecular weight excluding hydrogens is 290 g/mol. The van der Waals surface area contributed by atoms with Gasteiger partial charge in [-0.05, 0) is 24.8 Å². The molecule has 1 fully saturated rings. The summed E-state index contributed by atoms with van der Waals surface area (Å²) in [6, 6.07) is 7.12. The zero-order chi connectivity index (χ0) is 16.7. The van der Waals surface area contributed by atoms with Crippen LogP contribution in [0.5, 0.6) is 0 Å². The number of carboxylic acids is 1. The Balaban J connectivity index is 2.08. The summed E-state index contributed by atoms with van der Waals surface area (Å²) in [4.78, 5) is 23.9. The van der Waals surface area contributed by atoms with E-state index in [9.17, 15) is 9.59 Å². The number of aliphatic carboxylic acids is 1. The molecule has 23 heavy (non-hydrogen) atoms. The second kappa shape index (κ2) is 8.82. The van der Waals surface area contributed by atoms with Crippen molar-refractivity contribution in [3.05, 3.63) is 35.4 Å². The van der Waals surface area contributed by atoms with Crippen LogP contribution < -0.4 is 5.32 Å². The van der Waals surface area contributed by atoms with Gasteiger partial charge in [-0.1, -0.05) is 56.9 Å². The van der Waals surface area contributed by atoms with Gasteiger partial charge in [0.1, 0.15) is 0 Å². The van der Waals surface area contributed by atoms with Crippen molar-refractivity contribution in [1.82, 2.24) is 5.32 Å². The second-order valence-electron chi connectivity index (χ2n) is 6.42. The molecule has 4 heteroatoms. The molecular formula is C19H27NO3. The molecule has 0 saturated heterocycles. The third kappa shape index (κ3) is 5.47.